The zero-order chi connectivity index (χ0) is 23.6. The standard InChI is InChI=1S/C26H26ClNO4S/c1-3-5-16-32-21-13-6-18(7-14-21)8-15-23(29)28-25-24(26(30)31-4-2)22(17-33-25)19-9-11-20(27)12-10-19/h6-15,17H,3-5,16H2,1-2H3,(H,28,29)/b15-8+. The van der Waals surface area contributed by atoms with Gasteiger partial charge in [-0.05, 0) is 54.8 Å². The molecule has 7 heteroatoms. The molecule has 0 bridgehead atoms. The molecule has 0 unspecified atom stereocenters. The number of amides is 1. The van der Waals surface area contributed by atoms with Gasteiger partial charge in [0.1, 0.15) is 16.3 Å². The summed E-state index contributed by atoms with van der Waals surface area (Å²) >= 11 is 7.26. The molecule has 2 aromatic carbocycles. The molecule has 0 radical (unpaired) electrons. The molecule has 0 aliphatic rings. The number of carbonyl (C=O) groups excluding carboxylic acids is 2. The van der Waals surface area contributed by atoms with E-state index in [1.54, 1.807) is 25.1 Å². The summed E-state index contributed by atoms with van der Waals surface area (Å²) < 4.78 is 10.9. The van der Waals surface area contributed by atoms with Crippen LogP contribution in [0.2, 0.25) is 5.02 Å². The van der Waals surface area contributed by atoms with Crippen molar-refractivity contribution in [3.05, 3.63) is 76.1 Å². The van der Waals surface area contributed by atoms with Crippen molar-refractivity contribution in [2.24, 2.45) is 0 Å². The number of nitrogens with one attached hydrogen (secondary N) is 1. The number of hydrogen-bond donors (Lipinski definition) is 1. The summed E-state index contributed by atoms with van der Waals surface area (Å²) in [6.45, 7) is 4.79. The Bertz CT molecular complexity index is 1100. The van der Waals surface area contributed by atoms with E-state index in [9.17, 15) is 9.59 Å². The Morgan fingerprint density at radius 2 is 1.79 bits per heavy atom. The van der Waals surface area contributed by atoms with Crippen molar-refractivity contribution in [3.8, 4) is 16.9 Å². The number of benzene rings is 2. The minimum atomic E-state index is -0.485. The van der Waals surface area contributed by atoms with Gasteiger partial charge >= 0.3 is 5.97 Å². The number of rotatable bonds is 10. The van der Waals surface area contributed by atoms with Gasteiger partial charge in [0, 0.05) is 22.0 Å². The molecule has 33 heavy (non-hydrogen) atoms. The van der Waals surface area contributed by atoms with E-state index in [1.807, 2.05) is 41.8 Å². The minimum absolute atomic E-state index is 0.236. The van der Waals surface area contributed by atoms with Gasteiger partial charge in [-0.2, -0.15) is 0 Å². The summed E-state index contributed by atoms with van der Waals surface area (Å²) in [5.74, 6) is -0.0209. The van der Waals surface area contributed by atoms with Crippen molar-refractivity contribution in [3.63, 3.8) is 0 Å². The quantitative estimate of drug-likeness (QED) is 0.190. The van der Waals surface area contributed by atoms with E-state index in [0.717, 1.165) is 29.7 Å². The maximum Gasteiger partial charge on any atom is 0.341 e. The lowest BCUT2D eigenvalue weighted by Gasteiger charge is -2.08. The molecule has 1 aromatic heterocycles. The van der Waals surface area contributed by atoms with Crippen LogP contribution in [-0.4, -0.2) is 25.1 Å². The summed E-state index contributed by atoms with van der Waals surface area (Å²) in [7, 11) is 0. The van der Waals surface area contributed by atoms with E-state index in [0.29, 0.717) is 27.8 Å². The van der Waals surface area contributed by atoms with Crippen molar-refractivity contribution in [2.45, 2.75) is 26.7 Å². The monoisotopic (exact) mass is 483 g/mol. The highest BCUT2D eigenvalue weighted by Gasteiger charge is 2.22. The van der Waals surface area contributed by atoms with Crippen LogP contribution in [0.25, 0.3) is 17.2 Å². The molecule has 1 heterocycles. The van der Waals surface area contributed by atoms with Gasteiger partial charge in [0.25, 0.3) is 0 Å². The van der Waals surface area contributed by atoms with E-state index in [1.165, 1.54) is 17.4 Å². The fraction of sp³-hybridized carbons (Fsp3) is 0.231. The van der Waals surface area contributed by atoms with E-state index in [2.05, 4.69) is 12.2 Å². The second kappa shape index (κ2) is 12.2. The van der Waals surface area contributed by atoms with Crippen molar-refractivity contribution < 1.29 is 19.1 Å². The Kier molecular flexibility index (Phi) is 9.10. The largest absolute Gasteiger partial charge is 0.494 e. The van der Waals surface area contributed by atoms with Gasteiger partial charge in [0.15, 0.2) is 0 Å². The molecular formula is C26H26ClNO4S. The Morgan fingerprint density at radius 3 is 2.45 bits per heavy atom. The third-order valence-corrected chi connectivity index (χ3v) is 5.88. The summed E-state index contributed by atoms with van der Waals surface area (Å²) in [5, 5.41) is 5.67. The van der Waals surface area contributed by atoms with E-state index < -0.39 is 5.97 Å². The lowest BCUT2D eigenvalue weighted by molar-refractivity contribution is -0.111. The summed E-state index contributed by atoms with van der Waals surface area (Å²) in [5.41, 5.74) is 2.70. The van der Waals surface area contributed by atoms with Crippen LogP contribution in [0, 0.1) is 0 Å². The molecule has 0 fully saturated rings. The Labute approximate surface area is 203 Å². The zero-order valence-electron chi connectivity index (χ0n) is 18.6. The number of halogens is 1. The lowest BCUT2D eigenvalue weighted by atomic mass is 10.0. The van der Waals surface area contributed by atoms with Crippen LogP contribution < -0.4 is 10.1 Å². The first-order valence-electron chi connectivity index (χ1n) is 10.8. The Balaban J connectivity index is 1.73. The van der Waals surface area contributed by atoms with Crippen LogP contribution in [0.5, 0.6) is 5.75 Å². The summed E-state index contributed by atoms with van der Waals surface area (Å²) in [6.07, 6.45) is 5.24. The Hall–Kier alpha value is -3.09. The van der Waals surface area contributed by atoms with Crippen molar-refractivity contribution in [1.82, 2.24) is 0 Å². The number of unbranched alkanes of at least 4 members (excludes halogenated alkanes) is 1. The predicted octanol–water partition coefficient (Wildman–Crippen LogP) is 7.08. The van der Waals surface area contributed by atoms with Gasteiger partial charge in [0.05, 0.1) is 13.2 Å². The molecule has 0 spiro atoms. The molecular weight excluding hydrogens is 458 g/mol. The molecule has 0 aliphatic carbocycles. The van der Waals surface area contributed by atoms with E-state index in [-0.39, 0.29) is 12.5 Å². The number of carbonyl (C=O) groups is 2. The molecule has 3 rings (SSSR count). The van der Waals surface area contributed by atoms with Gasteiger partial charge in [-0.3, -0.25) is 4.79 Å². The van der Waals surface area contributed by atoms with Crippen molar-refractivity contribution in [1.29, 1.82) is 0 Å². The number of esters is 1. The third-order valence-electron chi connectivity index (χ3n) is 4.74. The molecule has 172 valence electrons. The SMILES string of the molecule is CCCCOc1ccc(/C=C/C(=O)Nc2scc(-c3ccc(Cl)cc3)c2C(=O)OCC)cc1. The topological polar surface area (TPSA) is 64.6 Å². The highest BCUT2D eigenvalue weighted by molar-refractivity contribution is 7.15. The zero-order valence-corrected chi connectivity index (χ0v) is 20.2. The first-order valence-corrected chi connectivity index (χ1v) is 12.0. The second-order valence-corrected chi connectivity index (χ2v) is 8.49. The van der Waals surface area contributed by atoms with Gasteiger partial charge in [0.2, 0.25) is 5.91 Å². The molecule has 1 N–H and O–H groups in total. The normalized spacial score (nSPS) is 10.9. The molecule has 3 aromatic rings. The second-order valence-electron chi connectivity index (χ2n) is 7.17. The average Bonchev–Trinajstić information content (AvgIpc) is 3.23. The molecule has 0 atom stereocenters. The maximum absolute atomic E-state index is 12.7. The van der Waals surface area contributed by atoms with Gasteiger partial charge in [-0.1, -0.05) is 49.2 Å². The Morgan fingerprint density at radius 1 is 1.06 bits per heavy atom. The molecule has 1 amide bonds. The van der Waals surface area contributed by atoms with Crippen molar-refractivity contribution in [2.75, 3.05) is 18.5 Å². The fourth-order valence-corrected chi connectivity index (χ4v) is 4.12. The molecule has 0 aliphatic heterocycles. The number of anilines is 1. The lowest BCUT2D eigenvalue weighted by Crippen LogP contribution is -2.12. The van der Waals surface area contributed by atoms with Crippen LogP contribution in [-0.2, 0) is 9.53 Å². The first kappa shape index (κ1) is 24.6. The van der Waals surface area contributed by atoms with E-state index >= 15 is 0 Å². The van der Waals surface area contributed by atoms with Crippen LogP contribution in [0.3, 0.4) is 0 Å². The number of hydrogen-bond acceptors (Lipinski definition) is 5. The molecule has 5 nitrogen and oxygen atoms in total. The first-order chi connectivity index (χ1) is 16.0. The van der Waals surface area contributed by atoms with Crippen LogP contribution in [0.15, 0.2) is 60.0 Å². The minimum Gasteiger partial charge on any atom is -0.494 e. The summed E-state index contributed by atoms with van der Waals surface area (Å²) in [6, 6.07) is 14.7. The van der Waals surface area contributed by atoms with Gasteiger partial charge in [-0.15, -0.1) is 11.3 Å². The highest BCUT2D eigenvalue weighted by Crippen LogP contribution is 2.36. The highest BCUT2D eigenvalue weighted by atomic mass is 35.5. The van der Waals surface area contributed by atoms with Gasteiger partial charge in [-0.25, -0.2) is 4.79 Å². The number of thiophene rings is 1. The fourth-order valence-electron chi connectivity index (χ4n) is 3.03. The molecule has 0 saturated heterocycles. The average molecular weight is 484 g/mol. The van der Waals surface area contributed by atoms with E-state index in [4.69, 9.17) is 21.1 Å². The smallest absolute Gasteiger partial charge is 0.341 e. The van der Waals surface area contributed by atoms with Crippen molar-refractivity contribution >= 4 is 45.9 Å². The summed E-state index contributed by atoms with van der Waals surface area (Å²) in [4.78, 5) is 25.2. The number of ether oxygens (including phenoxy) is 2. The molecule has 0 saturated carbocycles. The third kappa shape index (κ3) is 6.94. The van der Waals surface area contributed by atoms with Crippen LogP contribution in [0.4, 0.5) is 5.00 Å². The van der Waals surface area contributed by atoms with Gasteiger partial charge < -0.3 is 14.8 Å². The van der Waals surface area contributed by atoms with Crippen LogP contribution in [0.1, 0.15) is 42.6 Å². The predicted molar refractivity (Wildman–Crippen MR) is 135 cm³/mol. The maximum atomic E-state index is 12.7. The van der Waals surface area contributed by atoms with Crippen LogP contribution >= 0.6 is 22.9 Å².